The molecule has 4 rings (SSSR count). The van der Waals surface area contributed by atoms with Crippen molar-refractivity contribution >= 4 is 22.5 Å². The number of benzene rings is 1. The Morgan fingerprint density at radius 1 is 1.17 bits per heavy atom. The Bertz CT molecular complexity index is 868. The highest BCUT2D eigenvalue weighted by Crippen LogP contribution is 2.28. The lowest BCUT2D eigenvalue weighted by Gasteiger charge is -2.32. The van der Waals surface area contributed by atoms with E-state index >= 15 is 0 Å². The van der Waals surface area contributed by atoms with Crippen molar-refractivity contribution in [3.63, 3.8) is 0 Å². The number of nitrogens with two attached hydrogens (primary N) is 1. The van der Waals surface area contributed by atoms with E-state index in [1.165, 1.54) is 0 Å². The Hall–Kier alpha value is -2.67. The van der Waals surface area contributed by atoms with Crippen LogP contribution in [0.2, 0.25) is 0 Å². The second-order valence-electron chi connectivity index (χ2n) is 6.33. The number of nitrogens with one attached hydrogen (secondary N) is 1. The van der Waals surface area contributed by atoms with Gasteiger partial charge in [0.2, 0.25) is 5.95 Å². The molecule has 0 bridgehead atoms. The standard InChI is InChI=1S/C17H20N6O/c18-13-5-4-12-11-20-23(14(12)10-13)15-6-9-19-16(21-15)22-17(24)7-2-1-3-8-17/h4-6,9-11,24H,1-3,7-8,18H2,(H,19,21,22). The fourth-order valence-corrected chi connectivity index (χ4v) is 3.22. The third-order valence-corrected chi connectivity index (χ3v) is 4.48. The van der Waals surface area contributed by atoms with Gasteiger partial charge in [-0.2, -0.15) is 10.1 Å². The van der Waals surface area contributed by atoms with Gasteiger partial charge in [0.25, 0.3) is 0 Å². The third-order valence-electron chi connectivity index (χ3n) is 4.48. The van der Waals surface area contributed by atoms with Crippen LogP contribution in [0.4, 0.5) is 11.6 Å². The SMILES string of the molecule is Nc1ccc2cnn(-c3ccnc(NC4(O)CCCCC4)n3)c2c1. The molecule has 24 heavy (non-hydrogen) atoms. The van der Waals surface area contributed by atoms with Crippen molar-refractivity contribution < 1.29 is 5.11 Å². The minimum absolute atomic E-state index is 0.407. The van der Waals surface area contributed by atoms with Crippen molar-refractivity contribution in [1.29, 1.82) is 0 Å². The molecule has 1 fully saturated rings. The highest BCUT2D eigenvalue weighted by atomic mass is 16.3. The van der Waals surface area contributed by atoms with Crippen molar-refractivity contribution in [2.75, 3.05) is 11.1 Å². The summed E-state index contributed by atoms with van der Waals surface area (Å²) in [6.07, 6.45) is 8.03. The fourth-order valence-electron chi connectivity index (χ4n) is 3.22. The lowest BCUT2D eigenvalue weighted by Crippen LogP contribution is -2.40. The molecule has 1 saturated carbocycles. The number of nitrogens with zero attached hydrogens (tertiary/aromatic N) is 4. The molecule has 2 aromatic heterocycles. The smallest absolute Gasteiger partial charge is 0.226 e. The van der Waals surface area contributed by atoms with Crippen LogP contribution >= 0.6 is 0 Å². The molecule has 2 heterocycles. The highest BCUT2D eigenvalue weighted by molar-refractivity contribution is 5.83. The second-order valence-corrected chi connectivity index (χ2v) is 6.33. The van der Waals surface area contributed by atoms with Gasteiger partial charge in [0.1, 0.15) is 5.72 Å². The van der Waals surface area contributed by atoms with E-state index in [-0.39, 0.29) is 0 Å². The average Bonchev–Trinajstić information content (AvgIpc) is 2.98. The Labute approximate surface area is 139 Å². The molecule has 0 saturated heterocycles. The maximum Gasteiger partial charge on any atom is 0.226 e. The number of aliphatic hydroxyl groups is 1. The summed E-state index contributed by atoms with van der Waals surface area (Å²) in [6.45, 7) is 0. The summed E-state index contributed by atoms with van der Waals surface area (Å²) in [5, 5.41) is 19.1. The summed E-state index contributed by atoms with van der Waals surface area (Å²) in [7, 11) is 0. The lowest BCUT2D eigenvalue weighted by molar-refractivity contribution is 0.0309. The molecule has 0 atom stereocenters. The first kappa shape index (κ1) is 14.9. The van der Waals surface area contributed by atoms with Crippen LogP contribution in [0.3, 0.4) is 0 Å². The maximum absolute atomic E-state index is 10.6. The number of hydrogen-bond donors (Lipinski definition) is 3. The zero-order valence-electron chi connectivity index (χ0n) is 13.3. The van der Waals surface area contributed by atoms with E-state index in [4.69, 9.17) is 5.73 Å². The maximum atomic E-state index is 10.6. The first-order chi connectivity index (χ1) is 11.6. The molecule has 124 valence electrons. The number of rotatable bonds is 3. The topological polar surface area (TPSA) is 102 Å². The van der Waals surface area contributed by atoms with Gasteiger partial charge < -0.3 is 16.2 Å². The summed E-state index contributed by atoms with van der Waals surface area (Å²) in [6, 6.07) is 7.43. The first-order valence-electron chi connectivity index (χ1n) is 8.20. The summed E-state index contributed by atoms with van der Waals surface area (Å²) in [4.78, 5) is 8.75. The van der Waals surface area contributed by atoms with Gasteiger partial charge in [0.15, 0.2) is 5.82 Å². The Kier molecular flexibility index (Phi) is 3.57. The fraction of sp³-hybridized carbons (Fsp3) is 0.353. The molecule has 1 aliphatic rings. The van der Waals surface area contributed by atoms with Crippen LogP contribution in [0.1, 0.15) is 32.1 Å². The monoisotopic (exact) mass is 324 g/mol. The van der Waals surface area contributed by atoms with Crippen molar-refractivity contribution in [2.24, 2.45) is 0 Å². The minimum atomic E-state index is -0.923. The zero-order valence-corrected chi connectivity index (χ0v) is 13.3. The summed E-state index contributed by atoms with van der Waals surface area (Å²) in [5.41, 5.74) is 6.52. The van der Waals surface area contributed by atoms with E-state index in [1.807, 2.05) is 18.2 Å². The normalized spacial score (nSPS) is 17.0. The van der Waals surface area contributed by atoms with Crippen molar-refractivity contribution in [3.8, 4) is 5.82 Å². The van der Waals surface area contributed by atoms with E-state index in [2.05, 4.69) is 20.4 Å². The van der Waals surface area contributed by atoms with Crippen molar-refractivity contribution in [3.05, 3.63) is 36.7 Å². The van der Waals surface area contributed by atoms with Gasteiger partial charge in [0, 0.05) is 23.3 Å². The van der Waals surface area contributed by atoms with Crippen molar-refractivity contribution in [2.45, 2.75) is 37.8 Å². The van der Waals surface area contributed by atoms with E-state index < -0.39 is 5.72 Å². The highest BCUT2D eigenvalue weighted by Gasteiger charge is 2.29. The lowest BCUT2D eigenvalue weighted by atomic mass is 9.92. The van der Waals surface area contributed by atoms with E-state index in [0.29, 0.717) is 30.3 Å². The number of anilines is 2. The predicted molar refractivity (Wildman–Crippen MR) is 92.7 cm³/mol. The van der Waals surface area contributed by atoms with Crippen LogP contribution in [-0.2, 0) is 0 Å². The van der Waals surface area contributed by atoms with Gasteiger partial charge in [-0.25, -0.2) is 9.67 Å². The van der Waals surface area contributed by atoms with E-state index in [1.54, 1.807) is 23.1 Å². The van der Waals surface area contributed by atoms with Gasteiger partial charge in [0.05, 0.1) is 11.7 Å². The molecule has 0 radical (unpaired) electrons. The molecule has 0 aliphatic heterocycles. The zero-order chi connectivity index (χ0) is 16.6. The molecule has 3 aromatic rings. The summed E-state index contributed by atoms with van der Waals surface area (Å²) in [5.74, 6) is 1.04. The quantitative estimate of drug-likeness (QED) is 0.505. The Morgan fingerprint density at radius 3 is 2.83 bits per heavy atom. The van der Waals surface area contributed by atoms with Crippen LogP contribution in [0.5, 0.6) is 0 Å². The van der Waals surface area contributed by atoms with Gasteiger partial charge in [-0.15, -0.1) is 0 Å². The number of nitrogen functional groups attached to an aromatic ring is 1. The predicted octanol–water partition coefficient (Wildman–Crippen LogP) is 2.46. The molecule has 0 unspecified atom stereocenters. The molecule has 0 amide bonds. The molecule has 7 nitrogen and oxygen atoms in total. The van der Waals surface area contributed by atoms with Gasteiger partial charge in [-0.1, -0.05) is 6.42 Å². The van der Waals surface area contributed by atoms with Crippen LogP contribution in [-0.4, -0.2) is 30.6 Å². The molecular formula is C17H20N6O. The first-order valence-corrected chi connectivity index (χ1v) is 8.20. The largest absolute Gasteiger partial charge is 0.399 e. The number of hydrogen-bond acceptors (Lipinski definition) is 6. The average molecular weight is 324 g/mol. The van der Waals surface area contributed by atoms with E-state index in [9.17, 15) is 5.11 Å². The molecule has 1 aromatic carbocycles. The summed E-state index contributed by atoms with van der Waals surface area (Å²) < 4.78 is 1.73. The van der Waals surface area contributed by atoms with Gasteiger partial charge in [-0.3, -0.25) is 0 Å². The minimum Gasteiger partial charge on any atom is -0.399 e. The van der Waals surface area contributed by atoms with Crippen molar-refractivity contribution in [1.82, 2.24) is 19.7 Å². The molecule has 0 spiro atoms. The Morgan fingerprint density at radius 2 is 2.00 bits per heavy atom. The van der Waals surface area contributed by atoms with Crippen LogP contribution < -0.4 is 11.1 Å². The summed E-state index contributed by atoms with van der Waals surface area (Å²) >= 11 is 0. The van der Waals surface area contributed by atoms with Crippen LogP contribution in [0.25, 0.3) is 16.7 Å². The van der Waals surface area contributed by atoms with Crippen LogP contribution in [0.15, 0.2) is 36.7 Å². The van der Waals surface area contributed by atoms with Gasteiger partial charge in [-0.05, 0) is 43.9 Å². The number of aromatic nitrogens is 4. The van der Waals surface area contributed by atoms with E-state index in [0.717, 1.165) is 30.2 Å². The Balaban J connectivity index is 1.68. The van der Waals surface area contributed by atoms with Gasteiger partial charge >= 0.3 is 0 Å². The number of fused-ring (bicyclic) bond motifs is 1. The van der Waals surface area contributed by atoms with Crippen LogP contribution in [0, 0.1) is 0 Å². The second kappa shape index (κ2) is 5.76. The molecular weight excluding hydrogens is 304 g/mol. The third kappa shape index (κ3) is 2.78. The molecule has 4 N–H and O–H groups in total. The molecule has 1 aliphatic carbocycles. The molecule has 7 heteroatoms.